The molecule has 0 aliphatic carbocycles. The zero-order valence-electron chi connectivity index (χ0n) is 9.97. The Hall–Kier alpha value is -2.10. The van der Waals surface area contributed by atoms with Crippen LogP contribution in [0.3, 0.4) is 0 Å². The van der Waals surface area contributed by atoms with Crippen molar-refractivity contribution < 1.29 is 4.79 Å². The Morgan fingerprint density at radius 1 is 1.24 bits per heavy atom. The summed E-state index contributed by atoms with van der Waals surface area (Å²) in [6.45, 7) is 4.18. The van der Waals surface area contributed by atoms with Gasteiger partial charge in [0.15, 0.2) is 0 Å². The molecule has 0 spiro atoms. The van der Waals surface area contributed by atoms with Crippen LogP contribution in [0.15, 0.2) is 36.5 Å². The van der Waals surface area contributed by atoms with E-state index in [1.807, 2.05) is 44.2 Å². The molecule has 0 aliphatic heterocycles. The van der Waals surface area contributed by atoms with Crippen molar-refractivity contribution in [2.24, 2.45) is 0 Å². The highest BCUT2D eigenvalue weighted by molar-refractivity contribution is 5.90. The van der Waals surface area contributed by atoms with Gasteiger partial charge in [0.05, 0.1) is 0 Å². The summed E-state index contributed by atoms with van der Waals surface area (Å²) in [5.74, 6) is -0.0688. The molecule has 0 saturated carbocycles. The lowest BCUT2D eigenvalue weighted by molar-refractivity contribution is -0.116. The maximum atomic E-state index is 11.7. The summed E-state index contributed by atoms with van der Waals surface area (Å²) in [6.07, 6.45) is 1.69. The summed E-state index contributed by atoms with van der Waals surface area (Å²) in [5, 5.41) is 6.90. The first-order chi connectivity index (χ1) is 8.15. The molecule has 0 atom stereocenters. The van der Waals surface area contributed by atoms with Crippen LogP contribution in [-0.4, -0.2) is 15.7 Å². The Labute approximate surface area is 100 Å². The molecule has 0 bridgehead atoms. The Morgan fingerprint density at radius 3 is 2.53 bits per heavy atom. The van der Waals surface area contributed by atoms with Gasteiger partial charge in [0.1, 0.15) is 6.54 Å². The Morgan fingerprint density at radius 2 is 1.94 bits per heavy atom. The lowest BCUT2D eigenvalue weighted by atomic mass is 10.2. The first kappa shape index (κ1) is 11.4. The van der Waals surface area contributed by atoms with Crippen LogP contribution in [0.4, 0.5) is 5.69 Å². The van der Waals surface area contributed by atoms with Crippen molar-refractivity contribution in [1.82, 2.24) is 9.78 Å². The van der Waals surface area contributed by atoms with E-state index in [1.165, 1.54) is 5.56 Å². The molecule has 1 aromatic heterocycles. The van der Waals surface area contributed by atoms with Gasteiger partial charge in [-0.1, -0.05) is 17.7 Å². The summed E-state index contributed by atoms with van der Waals surface area (Å²) < 4.78 is 1.67. The summed E-state index contributed by atoms with van der Waals surface area (Å²) >= 11 is 0. The number of nitrogens with one attached hydrogen (secondary N) is 1. The molecule has 0 radical (unpaired) electrons. The van der Waals surface area contributed by atoms with Crippen LogP contribution in [0.25, 0.3) is 0 Å². The lowest BCUT2D eigenvalue weighted by Crippen LogP contribution is -2.20. The monoisotopic (exact) mass is 229 g/mol. The number of aryl methyl sites for hydroxylation is 2. The van der Waals surface area contributed by atoms with Crippen LogP contribution in [0.2, 0.25) is 0 Å². The van der Waals surface area contributed by atoms with Crippen molar-refractivity contribution >= 4 is 11.6 Å². The lowest BCUT2D eigenvalue weighted by Gasteiger charge is -2.06. The van der Waals surface area contributed by atoms with Gasteiger partial charge in [0.2, 0.25) is 5.91 Å². The number of hydrogen-bond donors (Lipinski definition) is 1. The van der Waals surface area contributed by atoms with Crippen molar-refractivity contribution in [3.05, 3.63) is 47.8 Å². The number of aromatic nitrogens is 2. The van der Waals surface area contributed by atoms with Gasteiger partial charge in [-0.25, -0.2) is 0 Å². The quantitative estimate of drug-likeness (QED) is 0.876. The number of rotatable bonds is 3. The molecule has 0 saturated heterocycles. The highest BCUT2D eigenvalue weighted by atomic mass is 16.2. The van der Waals surface area contributed by atoms with E-state index < -0.39 is 0 Å². The molecule has 2 aromatic rings. The number of nitrogens with zero attached hydrogens (tertiary/aromatic N) is 2. The molecule has 0 fully saturated rings. The second-order valence-corrected chi connectivity index (χ2v) is 4.04. The maximum Gasteiger partial charge on any atom is 0.246 e. The molecule has 17 heavy (non-hydrogen) atoms. The normalized spacial score (nSPS) is 10.2. The maximum absolute atomic E-state index is 11.7. The highest BCUT2D eigenvalue weighted by Crippen LogP contribution is 2.08. The third-order valence-corrected chi connectivity index (χ3v) is 2.56. The third-order valence-electron chi connectivity index (χ3n) is 2.56. The Bertz CT molecular complexity index is 514. The number of carbonyl (C=O) groups excluding carboxylic acids is 1. The van der Waals surface area contributed by atoms with Crippen molar-refractivity contribution in [3.8, 4) is 0 Å². The zero-order chi connectivity index (χ0) is 12.3. The summed E-state index contributed by atoms with van der Waals surface area (Å²) in [4.78, 5) is 11.7. The molecule has 88 valence electrons. The first-order valence-corrected chi connectivity index (χ1v) is 5.50. The number of anilines is 1. The minimum absolute atomic E-state index is 0.0688. The first-order valence-electron chi connectivity index (χ1n) is 5.50. The summed E-state index contributed by atoms with van der Waals surface area (Å²) in [5.41, 5.74) is 2.96. The van der Waals surface area contributed by atoms with Crippen molar-refractivity contribution in [3.63, 3.8) is 0 Å². The van der Waals surface area contributed by atoms with Crippen LogP contribution in [0, 0.1) is 13.8 Å². The van der Waals surface area contributed by atoms with E-state index in [1.54, 1.807) is 10.9 Å². The van der Waals surface area contributed by atoms with E-state index >= 15 is 0 Å². The summed E-state index contributed by atoms with van der Waals surface area (Å²) in [6, 6.07) is 9.59. The van der Waals surface area contributed by atoms with Crippen LogP contribution in [0.5, 0.6) is 0 Å². The minimum atomic E-state index is -0.0688. The van der Waals surface area contributed by atoms with E-state index in [2.05, 4.69) is 10.4 Å². The number of carbonyl (C=O) groups is 1. The van der Waals surface area contributed by atoms with E-state index in [0.717, 1.165) is 11.4 Å². The molecule has 1 heterocycles. The zero-order valence-corrected chi connectivity index (χ0v) is 9.97. The van der Waals surface area contributed by atoms with E-state index in [0.29, 0.717) is 0 Å². The molecular weight excluding hydrogens is 214 g/mol. The molecule has 1 N–H and O–H groups in total. The largest absolute Gasteiger partial charge is 0.324 e. The van der Waals surface area contributed by atoms with Crippen LogP contribution >= 0.6 is 0 Å². The van der Waals surface area contributed by atoms with E-state index in [-0.39, 0.29) is 12.5 Å². The van der Waals surface area contributed by atoms with Crippen LogP contribution in [-0.2, 0) is 11.3 Å². The van der Waals surface area contributed by atoms with Gasteiger partial charge >= 0.3 is 0 Å². The molecule has 4 nitrogen and oxygen atoms in total. The fourth-order valence-electron chi connectivity index (χ4n) is 1.54. The van der Waals surface area contributed by atoms with Crippen LogP contribution in [0.1, 0.15) is 11.3 Å². The molecule has 1 amide bonds. The second kappa shape index (κ2) is 4.82. The fraction of sp³-hybridized carbons (Fsp3) is 0.231. The van der Waals surface area contributed by atoms with Crippen LogP contribution < -0.4 is 5.32 Å². The highest BCUT2D eigenvalue weighted by Gasteiger charge is 2.05. The van der Waals surface area contributed by atoms with E-state index in [4.69, 9.17) is 0 Å². The topological polar surface area (TPSA) is 46.9 Å². The van der Waals surface area contributed by atoms with Gasteiger partial charge in [0, 0.05) is 17.6 Å². The molecule has 0 aliphatic rings. The van der Waals surface area contributed by atoms with Gasteiger partial charge in [-0.15, -0.1) is 0 Å². The minimum Gasteiger partial charge on any atom is -0.324 e. The van der Waals surface area contributed by atoms with Gasteiger partial charge in [-0.05, 0) is 32.0 Å². The molecule has 0 unspecified atom stereocenters. The van der Waals surface area contributed by atoms with Gasteiger partial charge < -0.3 is 5.32 Å². The number of benzene rings is 1. The third kappa shape index (κ3) is 2.93. The average Bonchev–Trinajstić information content (AvgIpc) is 2.68. The van der Waals surface area contributed by atoms with Crippen molar-refractivity contribution in [1.29, 1.82) is 0 Å². The Kier molecular flexibility index (Phi) is 3.23. The van der Waals surface area contributed by atoms with Gasteiger partial charge in [-0.3, -0.25) is 9.48 Å². The van der Waals surface area contributed by atoms with Crippen molar-refractivity contribution in [2.45, 2.75) is 20.4 Å². The Balaban J connectivity index is 1.98. The predicted molar refractivity (Wildman–Crippen MR) is 66.8 cm³/mol. The second-order valence-electron chi connectivity index (χ2n) is 4.04. The molecule has 2 rings (SSSR count). The number of amides is 1. The van der Waals surface area contributed by atoms with E-state index in [9.17, 15) is 4.79 Å². The number of hydrogen-bond acceptors (Lipinski definition) is 2. The SMILES string of the molecule is Cc1ccc(NC(=O)Cn2nccc2C)cc1. The molecule has 4 heteroatoms. The van der Waals surface area contributed by atoms with Crippen molar-refractivity contribution in [2.75, 3.05) is 5.32 Å². The fourth-order valence-corrected chi connectivity index (χ4v) is 1.54. The summed E-state index contributed by atoms with van der Waals surface area (Å²) in [7, 11) is 0. The molecular formula is C13H15N3O. The smallest absolute Gasteiger partial charge is 0.246 e. The van der Waals surface area contributed by atoms with Gasteiger partial charge in [0.25, 0.3) is 0 Å². The van der Waals surface area contributed by atoms with Gasteiger partial charge in [-0.2, -0.15) is 5.10 Å². The standard InChI is InChI=1S/C13H15N3O/c1-10-3-5-12(6-4-10)15-13(17)9-16-11(2)7-8-14-16/h3-8H,9H2,1-2H3,(H,15,17). The predicted octanol–water partition coefficient (Wildman–Crippen LogP) is 2.14. The molecule has 1 aromatic carbocycles. The average molecular weight is 229 g/mol.